The molecule has 0 unspecified atom stereocenters. The second kappa shape index (κ2) is 10.4. The van der Waals surface area contributed by atoms with Gasteiger partial charge in [-0.2, -0.15) is 0 Å². The summed E-state index contributed by atoms with van der Waals surface area (Å²) in [6, 6.07) is 28.2. The van der Waals surface area contributed by atoms with Crippen LogP contribution in [-0.4, -0.2) is 6.21 Å². The van der Waals surface area contributed by atoms with Gasteiger partial charge in [0.25, 0.3) is 0 Å². The molecule has 3 aromatic carbocycles. The zero-order chi connectivity index (χ0) is 20.5. The van der Waals surface area contributed by atoms with Crippen molar-refractivity contribution in [2.75, 3.05) is 0 Å². The van der Waals surface area contributed by atoms with Gasteiger partial charge in [-0.05, 0) is 41.3 Å². The van der Waals surface area contributed by atoms with Crippen LogP contribution >= 0.6 is 11.6 Å². The highest BCUT2D eigenvalue weighted by Crippen LogP contribution is 2.24. The van der Waals surface area contributed by atoms with E-state index in [1.165, 1.54) is 0 Å². The SMILES string of the molecule is C=C(\C=C(/C=N/C(=C\CC)c1cccc(Cl)c1)c1ccccc1)c1ccccc1. The molecule has 0 bridgehead atoms. The van der Waals surface area contributed by atoms with Crippen molar-refractivity contribution >= 4 is 34.7 Å². The Morgan fingerprint density at radius 2 is 1.48 bits per heavy atom. The van der Waals surface area contributed by atoms with Gasteiger partial charge >= 0.3 is 0 Å². The zero-order valence-electron chi connectivity index (χ0n) is 16.6. The number of rotatable bonds is 7. The van der Waals surface area contributed by atoms with Gasteiger partial charge in [0.05, 0.1) is 5.70 Å². The molecule has 0 aliphatic heterocycles. The molecular formula is C27H24ClN. The molecule has 3 rings (SSSR count). The lowest BCUT2D eigenvalue weighted by molar-refractivity contribution is 1.22. The smallest absolute Gasteiger partial charge is 0.0662 e. The van der Waals surface area contributed by atoms with Crippen LogP contribution in [0.4, 0.5) is 0 Å². The zero-order valence-corrected chi connectivity index (χ0v) is 17.3. The Balaban J connectivity index is 1.99. The van der Waals surface area contributed by atoms with Gasteiger partial charge in [0, 0.05) is 22.4 Å². The fraction of sp³-hybridized carbons (Fsp3) is 0.0741. The molecule has 144 valence electrons. The molecule has 0 saturated heterocycles. The first-order valence-electron chi connectivity index (χ1n) is 9.69. The van der Waals surface area contributed by atoms with Crippen molar-refractivity contribution in [3.63, 3.8) is 0 Å². The third-order valence-corrected chi connectivity index (χ3v) is 4.68. The van der Waals surface area contributed by atoms with Crippen LogP contribution < -0.4 is 0 Å². The highest BCUT2D eigenvalue weighted by Gasteiger charge is 2.04. The molecule has 0 radical (unpaired) electrons. The number of halogens is 1. The molecular weight excluding hydrogens is 374 g/mol. The van der Waals surface area contributed by atoms with Crippen LogP contribution in [-0.2, 0) is 0 Å². The normalized spacial score (nSPS) is 12.3. The molecule has 0 atom stereocenters. The molecule has 2 heteroatoms. The van der Waals surface area contributed by atoms with Crippen molar-refractivity contribution in [2.45, 2.75) is 13.3 Å². The van der Waals surface area contributed by atoms with Crippen molar-refractivity contribution in [1.82, 2.24) is 0 Å². The van der Waals surface area contributed by atoms with Crippen LogP contribution in [0.1, 0.15) is 30.0 Å². The van der Waals surface area contributed by atoms with Gasteiger partial charge in [0.1, 0.15) is 0 Å². The number of nitrogens with zero attached hydrogens (tertiary/aromatic N) is 1. The minimum atomic E-state index is 0.705. The lowest BCUT2D eigenvalue weighted by Crippen LogP contribution is -1.90. The third-order valence-electron chi connectivity index (χ3n) is 4.44. The van der Waals surface area contributed by atoms with Gasteiger partial charge in [-0.25, -0.2) is 0 Å². The van der Waals surface area contributed by atoms with E-state index in [9.17, 15) is 0 Å². The van der Waals surface area contributed by atoms with E-state index < -0.39 is 0 Å². The maximum atomic E-state index is 6.18. The number of benzene rings is 3. The van der Waals surface area contributed by atoms with Gasteiger partial charge in [-0.3, -0.25) is 4.99 Å². The molecule has 0 N–H and O–H groups in total. The molecule has 0 aliphatic carbocycles. The van der Waals surface area contributed by atoms with Crippen LogP contribution in [0.2, 0.25) is 5.02 Å². The standard InChI is InChI=1S/C27H24ClN/c1-3-11-27(24-16-10-17-26(28)19-24)29-20-25(23-14-8-5-9-15-23)18-21(2)22-12-6-4-7-13-22/h4-20H,2-3H2,1H3/b25-18+,27-11-,29-20+. The Kier molecular flexibility index (Phi) is 7.38. The average molecular weight is 398 g/mol. The van der Waals surface area contributed by atoms with E-state index in [1.54, 1.807) is 0 Å². The quantitative estimate of drug-likeness (QED) is 0.283. The Morgan fingerprint density at radius 3 is 2.10 bits per heavy atom. The van der Waals surface area contributed by atoms with Crippen molar-refractivity contribution in [1.29, 1.82) is 0 Å². The molecule has 3 aromatic rings. The van der Waals surface area contributed by atoms with Crippen molar-refractivity contribution in [3.8, 4) is 0 Å². The summed E-state index contributed by atoms with van der Waals surface area (Å²) in [7, 11) is 0. The largest absolute Gasteiger partial charge is 0.256 e. The van der Waals surface area contributed by atoms with E-state index in [2.05, 4.69) is 49.9 Å². The predicted octanol–water partition coefficient (Wildman–Crippen LogP) is 7.96. The minimum absolute atomic E-state index is 0.705. The lowest BCUT2D eigenvalue weighted by atomic mass is 10.0. The fourth-order valence-electron chi connectivity index (χ4n) is 2.97. The third kappa shape index (κ3) is 5.91. The topological polar surface area (TPSA) is 12.4 Å². The number of aliphatic imine (C=N–C) groups is 1. The van der Waals surface area contributed by atoms with Gasteiger partial charge in [0.2, 0.25) is 0 Å². The summed E-state index contributed by atoms with van der Waals surface area (Å²) >= 11 is 6.18. The number of allylic oxidation sites excluding steroid dienone is 4. The molecule has 0 heterocycles. The van der Waals surface area contributed by atoms with E-state index in [4.69, 9.17) is 16.6 Å². The maximum absolute atomic E-state index is 6.18. The molecule has 0 aromatic heterocycles. The highest BCUT2D eigenvalue weighted by atomic mass is 35.5. The summed E-state index contributed by atoms with van der Waals surface area (Å²) < 4.78 is 0. The van der Waals surface area contributed by atoms with Crippen molar-refractivity contribution in [2.24, 2.45) is 4.99 Å². The maximum Gasteiger partial charge on any atom is 0.0662 e. The summed E-state index contributed by atoms with van der Waals surface area (Å²) in [6.07, 6.45) is 6.98. The van der Waals surface area contributed by atoms with Crippen LogP contribution in [0.25, 0.3) is 16.8 Å². The monoisotopic (exact) mass is 397 g/mol. The molecule has 0 aliphatic rings. The first-order chi connectivity index (χ1) is 14.2. The van der Waals surface area contributed by atoms with Crippen molar-refractivity contribution in [3.05, 3.63) is 125 Å². The Bertz CT molecular complexity index is 1040. The van der Waals surface area contributed by atoms with E-state index in [-0.39, 0.29) is 0 Å². The minimum Gasteiger partial charge on any atom is -0.256 e. The lowest BCUT2D eigenvalue weighted by Gasteiger charge is -2.07. The second-order valence-electron chi connectivity index (χ2n) is 6.62. The van der Waals surface area contributed by atoms with Crippen LogP contribution in [0.3, 0.4) is 0 Å². The predicted molar refractivity (Wildman–Crippen MR) is 128 cm³/mol. The van der Waals surface area contributed by atoms with E-state index in [1.807, 2.05) is 66.9 Å². The summed E-state index contributed by atoms with van der Waals surface area (Å²) in [5, 5.41) is 0.705. The van der Waals surface area contributed by atoms with E-state index >= 15 is 0 Å². The van der Waals surface area contributed by atoms with Crippen LogP contribution in [0.5, 0.6) is 0 Å². The summed E-state index contributed by atoms with van der Waals surface area (Å²) in [5.74, 6) is 0. The van der Waals surface area contributed by atoms with Crippen LogP contribution in [0, 0.1) is 0 Å². The molecule has 0 amide bonds. The van der Waals surface area contributed by atoms with Gasteiger partial charge < -0.3 is 0 Å². The first kappa shape index (κ1) is 20.6. The van der Waals surface area contributed by atoms with Gasteiger partial charge in [-0.1, -0.05) is 104 Å². The van der Waals surface area contributed by atoms with Gasteiger partial charge in [0.15, 0.2) is 0 Å². The van der Waals surface area contributed by atoms with E-state index in [0.29, 0.717) is 5.02 Å². The average Bonchev–Trinajstić information content (AvgIpc) is 2.76. The van der Waals surface area contributed by atoms with Crippen molar-refractivity contribution < 1.29 is 0 Å². The van der Waals surface area contributed by atoms with Gasteiger partial charge in [-0.15, -0.1) is 0 Å². The fourth-order valence-corrected chi connectivity index (χ4v) is 3.16. The second-order valence-corrected chi connectivity index (χ2v) is 7.06. The van der Waals surface area contributed by atoms with E-state index in [0.717, 1.165) is 40.0 Å². The molecule has 0 saturated carbocycles. The Morgan fingerprint density at radius 1 is 0.862 bits per heavy atom. The Labute approximate surface area is 178 Å². The first-order valence-corrected chi connectivity index (χ1v) is 10.1. The Hall–Kier alpha value is -3.16. The molecule has 1 nitrogen and oxygen atoms in total. The summed E-state index contributed by atoms with van der Waals surface area (Å²) in [5.41, 5.74) is 6.04. The number of hydrogen-bond acceptors (Lipinski definition) is 1. The molecule has 0 fully saturated rings. The number of hydrogen-bond donors (Lipinski definition) is 0. The highest BCUT2D eigenvalue weighted by molar-refractivity contribution is 6.30. The molecule has 0 spiro atoms. The molecule has 29 heavy (non-hydrogen) atoms. The summed E-state index contributed by atoms with van der Waals surface area (Å²) in [4.78, 5) is 4.82. The van der Waals surface area contributed by atoms with Crippen LogP contribution in [0.15, 0.2) is 109 Å². The summed E-state index contributed by atoms with van der Waals surface area (Å²) in [6.45, 7) is 6.36.